The molecule has 1 aromatic carbocycles. The number of rotatable bonds is 8. The number of carbonyl (C=O) groups excluding carboxylic acids is 3. The summed E-state index contributed by atoms with van der Waals surface area (Å²) in [5, 5.41) is 5.69. The third-order valence-electron chi connectivity index (χ3n) is 4.77. The Labute approximate surface area is 194 Å². The van der Waals surface area contributed by atoms with E-state index in [2.05, 4.69) is 10.6 Å². The zero-order chi connectivity index (χ0) is 22.4. The molecule has 2 N–H and O–H groups in total. The predicted octanol–water partition coefficient (Wildman–Crippen LogP) is 3.56. The maximum atomic E-state index is 12.9. The Bertz CT molecular complexity index is 966. The molecule has 2 aromatic rings. The zero-order valence-corrected chi connectivity index (χ0v) is 19.7. The Kier molecular flexibility index (Phi) is 8.36. The predicted molar refractivity (Wildman–Crippen MR) is 127 cm³/mol. The first-order valence-electron chi connectivity index (χ1n) is 9.74. The van der Waals surface area contributed by atoms with Crippen molar-refractivity contribution in [2.45, 2.75) is 19.4 Å². The molecule has 0 radical (unpaired) electrons. The first-order valence-corrected chi connectivity index (χ1v) is 12.3. The molecule has 7 nitrogen and oxygen atoms in total. The monoisotopic (exact) mass is 481 g/mol. The van der Waals surface area contributed by atoms with E-state index in [1.54, 1.807) is 34.9 Å². The van der Waals surface area contributed by atoms with Gasteiger partial charge in [0.15, 0.2) is 0 Å². The van der Waals surface area contributed by atoms with Crippen LogP contribution in [0.1, 0.15) is 21.7 Å². The van der Waals surface area contributed by atoms with Gasteiger partial charge in [-0.15, -0.1) is 11.3 Å². The van der Waals surface area contributed by atoms with Crippen molar-refractivity contribution in [2.24, 2.45) is 0 Å². The zero-order valence-electron chi connectivity index (χ0n) is 17.3. The van der Waals surface area contributed by atoms with Gasteiger partial charge in [0, 0.05) is 17.9 Å². The summed E-state index contributed by atoms with van der Waals surface area (Å²) in [4.78, 5) is 39.7. The second-order valence-electron chi connectivity index (χ2n) is 7.00. The van der Waals surface area contributed by atoms with Crippen LogP contribution >= 0.6 is 34.7 Å². The van der Waals surface area contributed by atoms with Crippen molar-refractivity contribution < 1.29 is 19.1 Å². The molecule has 1 aromatic heterocycles. The molecule has 1 aliphatic rings. The molecule has 0 bridgehead atoms. The molecule has 1 aliphatic heterocycles. The van der Waals surface area contributed by atoms with E-state index >= 15 is 0 Å². The van der Waals surface area contributed by atoms with E-state index in [0.29, 0.717) is 34.5 Å². The SMILES string of the molecule is CSCCC(NC(=O)c1ccc(Cl)s1)C(=O)Nc1ccc(N2CCOCC2=O)c(C)c1. The van der Waals surface area contributed by atoms with Crippen LogP contribution in [-0.4, -0.2) is 55.5 Å². The second kappa shape index (κ2) is 11.0. The van der Waals surface area contributed by atoms with E-state index in [0.717, 1.165) is 17.0 Å². The average molecular weight is 482 g/mol. The summed E-state index contributed by atoms with van der Waals surface area (Å²) in [7, 11) is 0. The molecule has 3 rings (SSSR count). The van der Waals surface area contributed by atoms with Crippen molar-refractivity contribution in [2.75, 3.05) is 42.0 Å². The van der Waals surface area contributed by atoms with E-state index < -0.39 is 6.04 Å². The van der Waals surface area contributed by atoms with Crippen LogP contribution < -0.4 is 15.5 Å². The molecule has 31 heavy (non-hydrogen) atoms. The lowest BCUT2D eigenvalue weighted by atomic mass is 10.1. The molecular weight excluding hydrogens is 458 g/mol. The molecule has 166 valence electrons. The molecule has 0 aliphatic carbocycles. The molecule has 10 heteroatoms. The number of amides is 3. The standard InChI is InChI=1S/C21H24ClN3O4S2/c1-13-11-14(3-4-16(13)25-8-9-29-12-19(25)26)23-20(27)15(7-10-30-2)24-21(28)17-5-6-18(22)31-17/h3-6,11,15H,7-10,12H2,1-2H3,(H,23,27)(H,24,28). The summed E-state index contributed by atoms with van der Waals surface area (Å²) in [6.07, 6.45) is 2.45. The minimum Gasteiger partial charge on any atom is -0.370 e. The van der Waals surface area contributed by atoms with Crippen LogP contribution in [0.5, 0.6) is 0 Å². The van der Waals surface area contributed by atoms with Crippen molar-refractivity contribution in [3.05, 3.63) is 45.1 Å². The fourth-order valence-electron chi connectivity index (χ4n) is 3.21. The van der Waals surface area contributed by atoms with E-state index in [1.165, 1.54) is 11.3 Å². The minimum atomic E-state index is -0.679. The number of ether oxygens (including phenoxy) is 1. The second-order valence-corrected chi connectivity index (χ2v) is 9.70. The number of benzene rings is 1. The Morgan fingerprint density at radius 3 is 2.77 bits per heavy atom. The van der Waals surface area contributed by atoms with Gasteiger partial charge in [-0.1, -0.05) is 11.6 Å². The average Bonchev–Trinajstić information content (AvgIpc) is 3.18. The Hall–Kier alpha value is -2.07. The number of thioether (sulfide) groups is 1. The number of hydrogen-bond donors (Lipinski definition) is 2. The number of nitrogens with one attached hydrogen (secondary N) is 2. The molecule has 3 amide bonds. The highest BCUT2D eigenvalue weighted by atomic mass is 35.5. The van der Waals surface area contributed by atoms with Crippen LogP contribution in [0.15, 0.2) is 30.3 Å². The van der Waals surface area contributed by atoms with E-state index in [4.69, 9.17) is 16.3 Å². The van der Waals surface area contributed by atoms with E-state index in [1.807, 2.05) is 25.3 Å². The Morgan fingerprint density at radius 2 is 2.13 bits per heavy atom. The summed E-state index contributed by atoms with van der Waals surface area (Å²) in [6.45, 7) is 2.96. The van der Waals surface area contributed by atoms with Crippen LogP contribution in [0, 0.1) is 6.92 Å². The molecule has 1 unspecified atom stereocenters. The highest BCUT2D eigenvalue weighted by Gasteiger charge is 2.24. The number of anilines is 2. The highest BCUT2D eigenvalue weighted by molar-refractivity contribution is 7.98. The fraction of sp³-hybridized carbons (Fsp3) is 0.381. The van der Waals surface area contributed by atoms with Gasteiger partial charge in [-0.2, -0.15) is 11.8 Å². The molecule has 1 fully saturated rings. The number of nitrogens with zero attached hydrogens (tertiary/aromatic N) is 1. The lowest BCUT2D eigenvalue weighted by molar-refractivity contribution is -0.125. The lowest BCUT2D eigenvalue weighted by Crippen LogP contribution is -2.44. The smallest absolute Gasteiger partial charge is 0.262 e. The largest absolute Gasteiger partial charge is 0.370 e. The molecule has 0 saturated carbocycles. The minimum absolute atomic E-state index is 0.0736. The van der Waals surface area contributed by atoms with Gasteiger partial charge in [0.25, 0.3) is 11.8 Å². The number of carbonyl (C=O) groups is 3. The van der Waals surface area contributed by atoms with Gasteiger partial charge < -0.3 is 20.3 Å². The van der Waals surface area contributed by atoms with Crippen LogP contribution in [0.25, 0.3) is 0 Å². The number of morpholine rings is 1. The first-order chi connectivity index (χ1) is 14.9. The summed E-state index contributed by atoms with van der Waals surface area (Å²) in [6, 6.07) is 8.01. The summed E-state index contributed by atoms with van der Waals surface area (Å²) in [5.74, 6) is 0.0236. The maximum absolute atomic E-state index is 12.9. The summed E-state index contributed by atoms with van der Waals surface area (Å²) in [5.41, 5.74) is 2.27. The Balaban J connectivity index is 1.69. The van der Waals surface area contributed by atoms with Crippen LogP contribution in [0.3, 0.4) is 0 Å². The van der Waals surface area contributed by atoms with Gasteiger partial charge in [-0.3, -0.25) is 14.4 Å². The van der Waals surface area contributed by atoms with E-state index in [-0.39, 0.29) is 24.3 Å². The van der Waals surface area contributed by atoms with Gasteiger partial charge in [-0.05, 0) is 61.2 Å². The Morgan fingerprint density at radius 1 is 1.32 bits per heavy atom. The van der Waals surface area contributed by atoms with Crippen LogP contribution in [-0.2, 0) is 14.3 Å². The van der Waals surface area contributed by atoms with Crippen LogP contribution in [0.4, 0.5) is 11.4 Å². The molecular formula is C21H24ClN3O4S2. The number of hydrogen-bond acceptors (Lipinski definition) is 6. The normalized spacial score (nSPS) is 14.9. The molecule has 1 saturated heterocycles. The number of halogens is 1. The van der Waals surface area contributed by atoms with Crippen LogP contribution in [0.2, 0.25) is 4.34 Å². The van der Waals surface area contributed by atoms with Crippen molar-refractivity contribution in [3.63, 3.8) is 0 Å². The number of thiophene rings is 1. The lowest BCUT2D eigenvalue weighted by Gasteiger charge is -2.28. The van der Waals surface area contributed by atoms with Gasteiger partial charge >= 0.3 is 0 Å². The number of aryl methyl sites for hydroxylation is 1. The van der Waals surface area contributed by atoms with Gasteiger partial charge in [-0.25, -0.2) is 0 Å². The van der Waals surface area contributed by atoms with Gasteiger partial charge in [0.05, 0.1) is 15.8 Å². The first kappa shape index (κ1) is 23.6. The summed E-state index contributed by atoms with van der Waals surface area (Å²) < 4.78 is 5.70. The van der Waals surface area contributed by atoms with Crippen molar-refractivity contribution >= 4 is 63.8 Å². The van der Waals surface area contributed by atoms with Crippen molar-refractivity contribution in [1.29, 1.82) is 0 Å². The van der Waals surface area contributed by atoms with Crippen molar-refractivity contribution in [3.8, 4) is 0 Å². The summed E-state index contributed by atoms with van der Waals surface area (Å²) >= 11 is 8.69. The molecule has 2 heterocycles. The highest BCUT2D eigenvalue weighted by Crippen LogP contribution is 2.25. The van der Waals surface area contributed by atoms with Gasteiger partial charge in [0.2, 0.25) is 5.91 Å². The van der Waals surface area contributed by atoms with Crippen molar-refractivity contribution in [1.82, 2.24) is 5.32 Å². The maximum Gasteiger partial charge on any atom is 0.262 e. The molecule has 1 atom stereocenters. The quantitative estimate of drug-likeness (QED) is 0.602. The molecule has 0 spiro atoms. The van der Waals surface area contributed by atoms with Gasteiger partial charge in [0.1, 0.15) is 12.6 Å². The third-order valence-corrected chi connectivity index (χ3v) is 6.64. The topological polar surface area (TPSA) is 87.7 Å². The third kappa shape index (κ3) is 6.22. The van der Waals surface area contributed by atoms with E-state index in [9.17, 15) is 14.4 Å². The fourth-order valence-corrected chi connectivity index (χ4v) is 4.63.